The highest BCUT2D eigenvalue weighted by atomic mass is 16.6. The average Bonchev–Trinajstić information content (AvgIpc) is 2.87. The van der Waals surface area contributed by atoms with Crippen LogP contribution in [0.15, 0.2) is 48.5 Å². The zero-order valence-electron chi connectivity index (χ0n) is 25.9. The minimum Gasteiger partial charge on any atom is -0.458 e. The molecule has 2 atom stereocenters. The summed E-state index contributed by atoms with van der Waals surface area (Å²) in [6, 6.07) is 12.3. The van der Waals surface area contributed by atoms with Gasteiger partial charge in [0.2, 0.25) is 11.8 Å². The summed E-state index contributed by atoms with van der Waals surface area (Å²) in [5.74, 6) is -1.87. The van der Waals surface area contributed by atoms with Gasteiger partial charge in [-0.2, -0.15) is 0 Å². The molecule has 3 N–H and O–H groups in total. The van der Waals surface area contributed by atoms with E-state index in [1.807, 2.05) is 50.2 Å². The van der Waals surface area contributed by atoms with Gasteiger partial charge in [-0.3, -0.25) is 9.59 Å². The van der Waals surface area contributed by atoms with E-state index < -0.39 is 60.3 Å². The second-order valence-corrected chi connectivity index (χ2v) is 12.1. The van der Waals surface area contributed by atoms with Crippen LogP contribution in [0.4, 0.5) is 4.79 Å². The van der Waals surface area contributed by atoms with Crippen LogP contribution in [0.3, 0.4) is 0 Å². The number of benzene rings is 2. The molecule has 2 unspecified atom stereocenters. The molecule has 3 amide bonds. The van der Waals surface area contributed by atoms with Crippen LogP contribution in [0.5, 0.6) is 0 Å². The van der Waals surface area contributed by atoms with Gasteiger partial charge in [-0.15, -0.1) is 0 Å². The van der Waals surface area contributed by atoms with Gasteiger partial charge in [0.1, 0.15) is 29.8 Å². The maximum atomic E-state index is 14.1. The van der Waals surface area contributed by atoms with E-state index in [0.29, 0.717) is 5.56 Å². The number of hydrogen-bond donors (Lipinski definition) is 3. The molecule has 0 aliphatic heterocycles. The molecular formula is C32H45N3O7. The summed E-state index contributed by atoms with van der Waals surface area (Å²) in [6.07, 6.45) is -0.629. The van der Waals surface area contributed by atoms with Crippen molar-refractivity contribution in [2.75, 3.05) is 19.7 Å². The molecule has 0 aliphatic carbocycles. The number of ether oxygens (including phenoxy) is 2. The van der Waals surface area contributed by atoms with E-state index in [4.69, 9.17) is 9.47 Å². The summed E-state index contributed by atoms with van der Waals surface area (Å²) in [4.78, 5) is 54.3. The number of aliphatic hydroxyl groups is 1. The third-order valence-electron chi connectivity index (χ3n) is 6.24. The summed E-state index contributed by atoms with van der Waals surface area (Å²) in [5.41, 5.74) is 1.42. The molecular weight excluding hydrogens is 538 g/mol. The molecule has 2 aromatic rings. The van der Waals surface area contributed by atoms with Crippen molar-refractivity contribution >= 4 is 23.9 Å². The number of nitrogens with one attached hydrogen (secondary N) is 2. The molecule has 0 saturated heterocycles. The fourth-order valence-corrected chi connectivity index (χ4v) is 4.26. The van der Waals surface area contributed by atoms with Crippen LogP contribution >= 0.6 is 0 Å². The van der Waals surface area contributed by atoms with Gasteiger partial charge >= 0.3 is 12.1 Å². The van der Waals surface area contributed by atoms with Crippen molar-refractivity contribution in [3.63, 3.8) is 0 Å². The molecule has 0 heterocycles. The summed E-state index contributed by atoms with van der Waals surface area (Å²) in [5, 5.41) is 15.1. The SMILES string of the molecule is Cc1cccc(C(C(=O)NC(Cc2ccccc2)C(=O)OC(C)(C)C)N(CCO)C(=O)CNC(=O)OC(C)(C)C)c1C. The van der Waals surface area contributed by atoms with Crippen molar-refractivity contribution < 1.29 is 33.8 Å². The number of hydrogen-bond acceptors (Lipinski definition) is 7. The molecule has 0 spiro atoms. The van der Waals surface area contributed by atoms with Gasteiger partial charge in [0.25, 0.3) is 0 Å². The Bertz CT molecular complexity index is 1230. The van der Waals surface area contributed by atoms with Crippen LogP contribution < -0.4 is 10.6 Å². The summed E-state index contributed by atoms with van der Waals surface area (Å²) in [7, 11) is 0. The minimum atomic E-state index is -1.22. The maximum absolute atomic E-state index is 14.1. The Kier molecular flexibility index (Phi) is 12.1. The summed E-state index contributed by atoms with van der Waals surface area (Å²) < 4.78 is 10.9. The first kappa shape index (κ1) is 34.3. The normalized spacial score (nSPS) is 13.0. The van der Waals surface area contributed by atoms with Crippen molar-refractivity contribution in [1.82, 2.24) is 15.5 Å². The highest BCUT2D eigenvalue weighted by Gasteiger charge is 2.36. The second kappa shape index (κ2) is 14.8. The Morgan fingerprint density at radius 1 is 0.881 bits per heavy atom. The van der Waals surface area contributed by atoms with E-state index in [2.05, 4.69) is 10.6 Å². The maximum Gasteiger partial charge on any atom is 0.408 e. The molecule has 10 nitrogen and oxygen atoms in total. The third kappa shape index (κ3) is 10.8. The van der Waals surface area contributed by atoms with Crippen molar-refractivity contribution in [1.29, 1.82) is 0 Å². The highest BCUT2D eigenvalue weighted by Crippen LogP contribution is 2.27. The fourth-order valence-electron chi connectivity index (χ4n) is 4.26. The van der Waals surface area contributed by atoms with Gasteiger partial charge in [-0.05, 0) is 77.6 Å². The molecule has 0 saturated carbocycles. The molecule has 0 fully saturated rings. The average molecular weight is 584 g/mol. The van der Waals surface area contributed by atoms with Gasteiger partial charge < -0.3 is 30.1 Å². The highest BCUT2D eigenvalue weighted by molar-refractivity contribution is 5.93. The number of rotatable bonds is 11. The lowest BCUT2D eigenvalue weighted by Crippen LogP contribution is -2.53. The summed E-state index contributed by atoms with van der Waals surface area (Å²) >= 11 is 0. The van der Waals surface area contributed by atoms with Gasteiger partial charge in [-0.1, -0.05) is 48.5 Å². The van der Waals surface area contributed by atoms with Gasteiger partial charge in [0, 0.05) is 13.0 Å². The topological polar surface area (TPSA) is 134 Å². The number of aliphatic hydroxyl groups excluding tert-OH is 1. The molecule has 0 aromatic heterocycles. The lowest BCUT2D eigenvalue weighted by atomic mass is 9.95. The molecule has 42 heavy (non-hydrogen) atoms. The number of aryl methyl sites for hydroxylation is 1. The van der Waals surface area contributed by atoms with Crippen molar-refractivity contribution in [3.8, 4) is 0 Å². The fraction of sp³-hybridized carbons (Fsp3) is 0.500. The zero-order valence-corrected chi connectivity index (χ0v) is 25.9. The lowest BCUT2D eigenvalue weighted by Gasteiger charge is -2.33. The molecule has 0 radical (unpaired) electrons. The Morgan fingerprint density at radius 2 is 1.50 bits per heavy atom. The van der Waals surface area contributed by atoms with E-state index in [-0.39, 0.29) is 13.0 Å². The van der Waals surface area contributed by atoms with Gasteiger partial charge in [0.05, 0.1) is 6.61 Å². The number of carbonyl (C=O) groups is 4. The number of carbonyl (C=O) groups excluding carboxylic acids is 4. The lowest BCUT2D eigenvalue weighted by molar-refractivity contribution is -0.159. The Hall–Kier alpha value is -3.92. The van der Waals surface area contributed by atoms with Gasteiger partial charge in [-0.25, -0.2) is 9.59 Å². The van der Waals surface area contributed by atoms with Crippen LogP contribution in [0.1, 0.15) is 69.8 Å². The largest absolute Gasteiger partial charge is 0.458 e. The van der Waals surface area contributed by atoms with E-state index in [9.17, 15) is 24.3 Å². The van der Waals surface area contributed by atoms with E-state index in [0.717, 1.165) is 16.7 Å². The summed E-state index contributed by atoms with van der Waals surface area (Å²) in [6.45, 7) is 12.9. The first-order chi connectivity index (χ1) is 19.5. The number of esters is 1. The third-order valence-corrected chi connectivity index (χ3v) is 6.24. The van der Waals surface area contributed by atoms with E-state index in [1.54, 1.807) is 53.7 Å². The van der Waals surface area contributed by atoms with Crippen molar-refractivity contribution in [2.24, 2.45) is 0 Å². The number of amides is 3. The monoisotopic (exact) mass is 583 g/mol. The van der Waals surface area contributed by atoms with Crippen LogP contribution in [-0.4, -0.2) is 70.8 Å². The first-order valence-electron chi connectivity index (χ1n) is 14.0. The second-order valence-electron chi connectivity index (χ2n) is 12.1. The van der Waals surface area contributed by atoms with Gasteiger partial charge in [0.15, 0.2) is 0 Å². The smallest absolute Gasteiger partial charge is 0.408 e. The first-order valence-corrected chi connectivity index (χ1v) is 14.0. The molecule has 2 aromatic carbocycles. The number of alkyl carbamates (subject to hydrolysis) is 1. The number of nitrogens with zero attached hydrogens (tertiary/aromatic N) is 1. The Balaban J connectivity index is 2.48. The van der Waals surface area contributed by atoms with E-state index >= 15 is 0 Å². The van der Waals surface area contributed by atoms with Crippen molar-refractivity contribution in [3.05, 3.63) is 70.8 Å². The van der Waals surface area contributed by atoms with Crippen LogP contribution in [-0.2, 0) is 30.3 Å². The molecule has 10 heteroatoms. The Morgan fingerprint density at radius 3 is 2.07 bits per heavy atom. The predicted molar refractivity (Wildman–Crippen MR) is 160 cm³/mol. The molecule has 2 rings (SSSR count). The zero-order chi connectivity index (χ0) is 31.7. The van der Waals surface area contributed by atoms with Crippen LogP contribution in [0.2, 0.25) is 0 Å². The van der Waals surface area contributed by atoms with Crippen molar-refractivity contribution in [2.45, 2.75) is 85.1 Å². The molecule has 0 bridgehead atoms. The van der Waals surface area contributed by atoms with E-state index in [1.165, 1.54) is 4.90 Å². The predicted octanol–water partition coefficient (Wildman–Crippen LogP) is 3.76. The minimum absolute atomic E-state index is 0.162. The molecule has 0 aliphatic rings. The molecule has 230 valence electrons. The quantitative estimate of drug-likeness (QED) is 0.343. The van der Waals surface area contributed by atoms with Crippen LogP contribution in [0.25, 0.3) is 0 Å². The standard InChI is InChI=1S/C32H45N3O7/c1-21-13-12-16-24(22(21)2)27(35(17-18-36)26(37)20-33-30(40)42-32(6,7)8)28(38)34-25(29(39)41-31(3,4)5)19-23-14-10-9-11-15-23/h9-16,25,27,36H,17-20H2,1-8H3,(H,33,40)(H,34,38). The Labute approximate surface area is 248 Å². The van der Waals surface area contributed by atoms with Crippen LogP contribution in [0, 0.1) is 13.8 Å².